The summed E-state index contributed by atoms with van der Waals surface area (Å²) < 4.78 is 11.7. The molecule has 8 nitrogen and oxygen atoms in total. The van der Waals surface area contributed by atoms with E-state index in [4.69, 9.17) is 19.3 Å². The number of amides is 1. The summed E-state index contributed by atoms with van der Waals surface area (Å²) in [6.07, 6.45) is 2.13. The number of para-hydroxylation sites is 1. The number of hydrogen-bond acceptors (Lipinski definition) is 7. The number of rotatable bonds is 4. The highest BCUT2D eigenvalue weighted by Crippen LogP contribution is 2.50. The molecule has 2 saturated heterocycles. The number of carbonyl (C=O) groups excluding carboxylic acids is 1. The first-order valence-electron chi connectivity index (χ1n) is 12.9. The maximum absolute atomic E-state index is 14.4. The van der Waals surface area contributed by atoms with Gasteiger partial charge in [-0.25, -0.2) is 9.83 Å². The Morgan fingerprint density at radius 3 is 2.83 bits per heavy atom. The molecule has 0 radical (unpaired) electrons. The predicted molar refractivity (Wildman–Crippen MR) is 136 cm³/mol. The molecule has 5 atom stereocenters. The fourth-order valence-corrected chi connectivity index (χ4v) is 6.64. The zero-order valence-electron chi connectivity index (χ0n) is 20.9. The van der Waals surface area contributed by atoms with Crippen LogP contribution in [0.2, 0.25) is 0 Å². The highest BCUT2D eigenvalue weighted by molar-refractivity contribution is 5.83. The van der Waals surface area contributed by atoms with Gasteiger partial charge < -0.3 is 19.7 Å². The largest absolute Gasteiger partial charge is 0.493 e. The number of methoxy groups -OCH3 is 1. The second-order valence-electron chi connectivity index (χ2n) is 10.3. The van der Waals surface area contributed by atoms with Crippen molar-refractivity contribution < 1.29 is 19.1 Å². The minimum atomic E-state index is -0.409. The average Bonchev–Trinajstić information content (AvgIpc) is 3.55. The van der Waals surface area contributed by atoms with E-state index in [1.165, 1.54) is 5.56 Å². The number of aliphatic imine (C=N–C) groups is 1. The molecule has 2 N–H and O–H groups in total. The van der Waals surface area contributed by atoms with E-state index in [0.29, 0.717) is 25.6 Å². The number of nitrogens with one attached hydrogen (secondary N) is 2. The van der Waals surface area contributed by atoms with E-state index in [0.717, 1.165) is 48.7 Å². The van der Waals surface area contributed by atoms with E-state index in [2.05, 4.69) is 46.0 Å². The van der Waals surface area contributed by atoms with Crippen LogP contribution < -0.4 is 20.3 Å². The van der Waals surface area contributed by atoms with E-state index in [1.54, 1.807) is 7.11 Å². The summed E-state index contributed by atoms with van der Waals surface area (Å²) in [6, 6.07) is 16.5. The standard InChI is InChI=1S/C28H34N4O4/c1-18-30-26(36-31-18)23-15-20(19-7-4-3-5-8-19)11-13-32(23)27(33)22-16-29-17-28(22)12-14-35-25-21(28)9-6-10-24(25)34-2/h3-10,20,22-23,26,29H,11-17H2,1-2H3,(H,30,31)/t20?,22-,23-,26?,28-/m0/s1. The molecular weight excluding hydrogens is 456 g/mol. The van der Waals surface area contributed by atoms with Gasteiger partial charge in [0.2, 0.25) is 5.91 Å². The number of carbonyl (C=O) groups is 1. The fourth-order valence-electron chi connectivity index (χ4n) is 6.64. The molecule has 2 aromatic carbocycles. The Morgan fingerprint density at radius 2 is 2.06 bits per heavy atom. The number of hydrogen-bond donors (Lipinski definition) is 2. The molecule has 0 bridgehead atoms. The first kappa shape index (κ1) is 23.3. The van der Waals surface area contributed by atoms with Gasteiger partial charge in [-0.2, -0.15) is 0 Å². The van der Waals surface area contributed by atoms with Crippen molar-refractivity contribution in [2.75, 3.05) is 33.4 Å². The highest BCUT2D eigenvalue weighted by Gasteiger charge is 2.54. The van der Waals surface area contributed by atoms with Crippen LogP contribution in [0.5, 0.6) is 11.5 Å². The van der Waals surface area contributed by atoms with Gasteiger partial charge in [-0.05, 0) is 43.7 Å². The number of nitrogens with zero attached hydrogens (tertiary/aromatic N) is 2. The van der Waals surface area contributed by atoms with Crippen LogP contribution in [0.3, 0.4) is 0 Å². The molecule has 2 aromatic rings. The van der Waals surface area contributed by atoms with E-state index in [1.807, 2.05) is 25.1 Å². The van der Waals surface area contributed by atoms with Crippen molar-refractivity contribution in [3.05, 3.63) is 59.7 Å². The molecule has 6 rings (SSSR count). The van der Waals surface area contributed by atoms with Gasteiger partial charge in [0, 0.05) is 30.6 Å². The lowest BCUT2D eigenvalue weighted by Gasteiger charge is -2.45. The third-order valence-corrected chi connectivity index (χ3v) is 8.46. The molecular formula is C28H34N4O4. The summed E-state index contributed by atoms with van der Waals surface area (Å²) in [6.45, 7) is 4.54. The molecule has 1 amide bonds. The van der Waals surface area contributed by atoms with E-state index in [-0.39, 0.29) is 23.3 Å². The molecule has 2 fully saturated rings. The summed E-state index contributed by atoms with van der Waals surface area (Å²) in [5.41, 5.74) is 4.96. The maximum Gasteiger partial charge on any atom is 0.228 e. The summed E-state index contributed by atoms with van der Waals surface area (Å²) in [7, 11) is 1.66. The van der Waals surface area contributed by atoms with Crippen molar-refractivity contribution in [2.24, 2.45) is 10.9 Å². The maximum atomic E-state index is 14.4. The summed E-state index contributed by atoms with van der Waals surface area (Å²) in [5, 5.41) is 3.54. The van der Waals surface area contributed by atoms with Gasteiger partial charge in [-0.3, -0.25) is 10.3 Å². The number of ether oxygens (including phenoxy) is 2. The monoisotopic (exact) mass is 490 g/mol. The van der Waals surface area contributed by atoms with Crippen LogP contribution in [0.1, 0.15) is 43.2 Å². The molecule has 4 aliphatic rings. The number of fused-ring (bicyclic) bond motifs is 2. The Morgan fingerprint density at radius 1 is 1.19 bits per heavy atom. The Kier molecular flexibility index (Phi) is 6.09. The van der Waals surface area contributed by atoms with Gasteiger partial charge in [-0.15, -0.1) is 0 Å². The van der Waals surface area contributed by atoms with Crippen LogP contribution in [0.25, 0.3) is 0 Å². The molecule has 1 spiro atoms. The first-order valence-corrected chi connectivity index (χ1v) is 12.9. The fraction of sp³-hybridized carbons (Fsp3) is 0.500. The van der Waals surface area contributed by atoms with Gasteiger partial charge in [0.1, 0.15) is 5.84 Å². The lowest BCUT2D eigenvalue weighted by atomic mass is 9.68. The van der Waals surface area contributed by atoms with Crippen molar-refractivity contribution in [3.63, 3.8) is 0 Å². The SMILES string of the molecule is COc1cccc2c1OCC[C@]21CNC[C@H]1C(=O)N1CCC(c2ccccc2)C[C@H]1C1N=C(C)NO1. The van der Waals surface area contributed by atoms with Crippen LogP contribution in [0.4, 0.5) is 0 Å². The molecule has 36 heavy (non-hydrogen) atoms. The highest BCUT2D eigenvalue weighted by atomic mass is 16.7. The van der Waals surface area contributed by atoms with E-state index in [9.17, 15) is 4.79 Å². The van der Waals surface area contributed by atoms with Gasteiger partial charge in [0.15, 0.2) is 17.7 Å². The zero-order valence-corrected chi connectivity index (χ0v) is 20.9. The number of hydroxylamine groups is 1. The minimum Gasteiger partial charge on any atom is -0.493 e. The Hall–Kier alpha value is -3.10. The van der Waals surface area contributed by atoms with Gasteiger partial charge in [0.25, 0.3) is 0 Å². The van der Waals surface area contributed by atoms with Crippen molar-refractivity contribution >= 4 is 11.7 Å². The molecule has 4 heterocycles. The number of benzene rings is 2. The van der Waals surface area contributed by atoms with E-state index >= 15 is 0 Å². The molecule has 4 aliphatic heterocycles. The molecule has 0 aliphatic carbocycles. The van der Waals surface area contributed by atoms with Crippen LogP contribution in [0.15, 0.2) is 53.5 Å². The summed E-state index contributed by atoms with van der Waals surface area (Å²) >= 11 is 0. The van der Waals surface area contributed by atoms with Crippen LogP contribution >= 0.6 is 0 Å². The number of piperidine rings is 1. The molecule has 0 aromatic heterocycles. The third-order valence-electron chi connectivity index (χ3n) is 8.46. The lowest BCUT2D eigenvalue weighted by Crippen LogP contribution is -2.56. The summed E-state index contributed by atoms with van der Waals surface area (Å²) in [5.74, 6) is 2.59. The Bertz CT molecular complexity index is 1160. The van der Waals surface area contributed by atoms with Crippen molar-refractivity contribution in [1.82, 2.24) is 15.7 Å². The Balaban J connectivity index is 1.32. The lowest BCUT2D eigenvalue weighted by molar-refractivity contribution is -0.146. The van der Waals surface area contributed by atoms with Gasteiger partial charge in [0.05, 0.1) is 25.7 Å². The van der Waals surface area contributed by atoms with Crippen molar-refractivity contribution in [3.8, 4) is 11.5 Å². The van der Waals surface area contributed by atoms with E-state index < -0.39 is 6.23 Å². The first-order chi connectivity index (χ1) is 17.6. The second-order valence-corrected chi connectivity index (χ2v) is 10.3. The quantitative estimate of drug-likeness (QED) is 0.686. The minimum absolute atomic E-state index is 0.135. The van der Waals surface area contributed by atoms with Gasteiger partial charge >= 0.3 is 0 Å². The van der Waals surface area contributed by atoms with Crippen LogP contribution in [0, 0.1) is 5.92 Å². The Labute approximate surface area is 212 Å². The van der Waals surface area contributed by atoms with Crippen LogP contribution in [-0.4, -0.2) is 62.3 Å². The zero-order chi connectivity index (χ0) is 24.7. The van der Waals surface area contributed by atoms with Gasteiger partial charge in [-0.1, -0.05) is 42.5 Å². The molecule has 8 heteroatoms. The van der Waals surface area contributed by atoms with Crippen LogP contribution in [-0.2, 0) is 15.0 Å². The second kappa shape index (κ2) is 9.41. The average molecular weight is 491 g/mol. The van der Waals surface area contributed by atoms with Crippen molar-refractivity contribution in [2.45, 2.75) is 49.8 Å². The third kappa shape index (κ3) is 3.83. The smallest absolute Gasteiger partial charge is 0.228 e. The number of likely N-dealkylation sites (tertiary alicyclic amines) is 1. The predicted octanol–water partition coefficient (Wildman–Crippen LogP) is 2.99. The molecule has 0 saturated carbocycles. The van der Waals surface area contributed by atoms with Crippen molar-refractivity contribution in [1.29, 1.82) is 0 Å². The molecule has 190 valence electrons. The summed E-state index contributed by atoms with van der Waals surface area (Å²) in [4.78, 5) is 27.0. The normalized spacial score (nSPS) is 31.4. The molecule has 2 unspecified atom stereocenters. The topological polar surface area (TPSA) is 84.4 Å². The number of amidine groups is 1.